The summed E-state index contributed by atoms with van der Waals surface area (Å²) < 4.78 is 7.15. The van der Waals surface area contributed by atoms with E-state index in [0.717, 1.165) is 16.6 Å². The zero-order valence-corrected chi connectivity index (χ0v) is 11.8. The van der Waals surface area contributed by atoms with Gasteiger partial charge in [-0.2, -0.15) is 0 Å². The average Bonchev–Trinajstić information content (AvgIpc) is 2.89. The zero-order chi connectivity index (χ0) is 15.3. The monoisotopic (exact) mass is 292 g/mol. The lowest BCUT2D eigenvalue weighted by molar-refractivity contribution is 0.473. The van der Waals surface area contributed by atoms with E-state index >= 15 is 0 Å². The van der Waals surface area contributed by atoms with Crippen LogP contribution in [0.2, 0.25) is 0 Å². The number of fused-ring (bicyclic) bond motifs is 2. The van der Waals surface area contributed by atoms with E-state index in [2.05, 4.69) is 4.98 Å². The minimum absolute atomic E-state index is 0.0617. The Morgan fingerprint density at radius 2 is 2.05 bits per heavy atom. The number of benzene rings is 1. The van der Waals surface area contributed by atoms with Gasteiger partial charge in [-0.05, 0) is 42.8 Å². The smallest absolute Gasteiger partial charge is 0.345 e. The van der Waals surface area contributed by atoms with Gasteiger partial charge in [-0.15, -0.1) is 0 Å². The maximum Gasteiger partial charge on any atom is 0.345 e. The molecule has 0 radical (unpaired) electrons. The Morgan fingerprint density at radius 3 is 2.91 bits per heavy atom. The predicted molar refractivity (Wildman–Crippen MR) is 83.1 cm³/mol. The molecule has 0 fully saturated rings. The largest absolute Gasteiger partial charge is 0.508 e. The molecular formula is C17H12N2O3. The standard InChI is InChI=1S/C17H12N2O3/c1-10-4-5-19-9-14(18-16(19)6-10)13-7-11-2-3-12(20)8-15(11)22-17(13)21/h2-9,20H,1H3. The third-order valence-corrected chi connectivity index (χ3v) is 3.61. The number of nitrogens with zero attached hydrogens (tertiary/aromatic N) is 2. The molecule has 4 aromatic rings. The molecule has 0 saturated carbocycles. The van der Waals surface area contributed by atoms with Crippen molar-refractivity contribution in [3.05, 3.63) is 64.8 Å². The number of hydrogen-bond acceptors (Lipinski definition) is 4. The van der Waals surface area contributed by atoms with Crippen LogP contribution in [0.4, 0.5) is 0 Å². The predicted octanol–water partition coefficient (Wildman–Crippen LogP) is 3.12. The number of hydrogen-bond donors (Lipinski definition) is 1. The number of aromatic nitrogens is 2. The van der Waals surface area contributed by atoms with Crippen LogP contribution in [-0.2, 0) is 0 Å². The Morgan fingerprint density at radius 1 is 1.18 bits per heavy atom. The van der Waals surface area contributed by atoms with Crippen LogP contribution in [0.1, 0.15) is 5.56 Å². The average molecular weight is 292 g/mol. The quantitative estimate of drug-likeness (QED) is 0.547. The maximum absolute atomic E-state index is 12.2. The van der Waals surface area contributed by atoms with Crippen LogP contribution in [0.5, 0.6) is 5.75 Å². The van der Waals surface area contributed by atoms with Gasteiger partial charge in [-0.3, -0.25) is 0 Å². The maximum atomic E-state index is 12.2. The van der Waals surface area contributed by atoms with Crippen molar-refractivity contribution in [3.63, 3.8) is 0 Å². The van der Waals surface area contributed by atoms with E-state index in [1.54, 1.807) is 24.4 Å². The minimum atomic E-state index is -0.474. The molecule has 0 unspecified atom stereocenters. The van der Waals surface area contributed by atoms with Crippen molar-refractivity contribution in [1.82, 2.24) is 9.38 Å². The van der Waals surface area contributed by atoms with Gasteiger partial charge in [0.15, 0.2) is 0 Å². The molecule has 0 atom stereocenters. The van der Waals surface area contributed by atoms with E-state index < -0.39 is 5.63 Å². The Bertz CT molecular complexity index is 1080. The zero-order valence-electron chi connectivity index (χ0n) is 11.8. The Kier molecular flexibility index (Phi) is 2.56. The molecule has 0 aliphatic rings. The van der Waals surface area contributed by atoms with Gasteiger partial charge < -0.3 is 13.9 Å². The van der Waals surface area contributed by atoms with E-state index in [1.807, 2.05) is 29.7 Å². The number of rotatable bonds is 1. The molecule has 1 aromatic carbocycles. The summed E-state index contributed by atoms with van der Waals surface area (Å²) in [5, 5.41) is 10.2. The minimum Gasteiger partial charge on any atom is -0.508 e. The third kappa shape index (κ3) is 1.95. The number of phenolic OH excluding ortho intramolecular Hbond substituents is 1. The second-order valence-corrected chi connectivity index (χ2v) is 5.27. The summed E-state index contributed by atoms with van der Waals surface area (Å²) in [6.07, 6.45) is 3.70. The van der Waals surface area contributed by atoms with Crippen molar-refractivity contribution >= 4 is 16.6 Å². The van der Waals surface area contributed by atoms with Gasteiger partial charge in [-0.25, -0.2) is 9.78 Å². The normalized spacial score (nSPS) is 11.3. The lowest BCUT2D eigenvalue weighted by Gasteiger charge is -2.00. The molecule has 4 rings (SSSR count). The van der Waals surface area contributed by atoms with Gasteiger partial charge in [0, 0.05) is 23.8 Å². The molecule has 0 saturated heterocycles. The molecule has 3 heterocycles. The highest BCUT2D eigenvalue weighted by Crippen LogP contribution is 2.23. The molecule has 5 nitrogen and oxygen atoms in total. The number of aryl methyl sites for hydroxylation is 1. The molecule has 22 heavy (non-hydrogen) atoms. The number of pyridine rings is 1. The van der Waals surface area contributed by atoms with E-state index in [0.29, 0.717) is 16.8 Å². The molecule has 0 bridgehead atoms. The second kappa shape index (κ2) is 4.46. The fourth-order valence-corrected chi connectivity index (χ4v) is 2.49. The molecule has 0 aliphatic heterocycles. The summed E-state index contributed by atoms with van der Waals surface area (Å²) in [6, 6.07) is 10.3. The van der Waals surface area contributed by atoms with Gasteiger partial charge in [0.2, 0.25) is 0 Å². The van der Waals surface area contributed by atoms with E-state index in [9.17, 15) is 9.90 Å². The van der Waals surface area contributed by atoms with Crippen LogP contribution in [-0.4, -0.2) is 14.5 Å². The number of phenols is 1. The highest BCUT2D eigenvalue weighted by atomic mass is 16.4. The molecular weight excluding hydrogens is 280 g/mol. The van der Waals surface area contributed by atoms with Crippen LogP contribution in [0.25, 0.3) is 27.9 Å². The van der Waals surface area contributed by atoms with Crippen LogP contribution >= 0.6 is 0 Å². The van der Waals surface area contributed by atoms with Crippen LogP contribution in [0.15, 0.2) is 58.0 Å². The first-order valence-corrected chi connectivity index (χ1v) is 6.83. The Labute approximate surface area is 125 Å². The van der Waals surface area contributed by atoms with Crippen molar-refractivity contribution in [3.8, 4) is 17.0 Å². The highest BCUT2D eigenvalue weighted by Gasteiger charge is 2.12. The van der Waals surface area contributed by atoms with E-state index in [4.69, 9.17) is 4.42 Å². The third-order valence-electron chi connectivity index (χ3n) is 3.61. The van der Waals surface area contributed by atoms with Crippen molar-refractivity contribution in [1.29, 1.82) is 0 Å². The fraction of sp³-hybridized carbons (Fsp3) is 0.0588. The summed E-state index contributed by atoms with van der Waals surface area (Å²) in [7, 11) is 0. The summed E-state index contributed by atoms with van der Waals surface area (Å²) in [4.78, 5) is 16.7. The van der Waals surface area contributed by atoms with Crippen molar-refractivity contribution in [2.75, 3.05) is 0 Å². The molecule has 0 aliphatic carbocycles. The highest BCUT2D eigenvalue weighted by molar-refractivity contribution is 5.82. The van der Waals surface area contributed by atoms with Crippen molar-refractivity contribution in [2.24, 2.45) is 0 Å². The van der Waals surface area contributed by atoms with E-state index in [-0.39, 0.29) is 5.75 Å². The molecule has 3 aromatic heterocycles. The molecule has 0 spiro atoms. The molecule has 108 valence electrons. The fourth-order valence-electron chi connectivity index (χ4n) is 2.49. The van der Waals surface area contributed by atoms with Crippen molar-refractivity contribution in [2.45, 2.75) is 6.92 Å². The van der Waals surface area contributed by atoms with Crippen LogP contribution in [0.3, 0.4) is 0 Å². The molecule has 1 N–H and O–H groups in total. The van der Waals surface area contributed by atoms with Gasteiger partial charge in [0.05, 0.1) is 11.3 Å². The van der Waals surface area contributed by atoms with Gasteiger partial charge in [0.1, 0.15) is 17.0 Å². The van der Waals surface area contributed by atoms with Gasteiger partial charge in [-0.1, -0.05) is 0 Å². The Hall–Kier alpha value is -3.08. The Balaban J connectivity index is 1.97. The summed E-state index contributed by atoms with van der Waals surface area (Å²) in [5.74, 6) is 0.0617. The first-order chi connectivity index (χ1) is 10.6. The summed E-state index contributed by atoms with van der Waals surface area (Å²) in [5.41, 5.74) is 2.73. The SMILES string of the molecule is Cc1ccn2cc(-c3cc4ccc(O)cc4oc3=O)nc2c1. The van der Waals surface area contributed by atoms with Gasteiger partial charge >= 0.3 is 5.63 Å². The van der Waals surface area contributed by atoms with Gasteiger partial charge in [0.25, 0.3) is 0 Å². The first kappa shape index (κ1) is 12.6. The summed E-state index contributed by atoms with van der Waals surface area (Å²) >= 11 is 0. The lowest BCUT2D eigenvalue weighted by Crippen LogP contribution is -2.02. The number of aromatic hydroxyl groups is 1. The number of imidazole rings is 1. The molecule has 0 amide bonds. The van der Waals surface area contributed by atoms with E-state index in [1.165, 1.54) is 6.07 Å². The second-order valence-electron chi connectivity index (χ2n) is 5.27. The summed E-state index contributed by atoms with van der Waals surface area (Å²) in [6.45, 7) is 1.99. The topological polar surface area (TPSA) is 67.7 Å². The molecule has 5 heteroatoms. The van der Waals surface area contributed by atoms with Crippen LogP contribution < -0.4 is 5.63 Å². The lowest BCUT2D eigenvalue weighted by atomic mass is 10.1. The van der Waals surface area contributed by atoms with Crippen LogP contribution in [0, 0.1) is 6.92 Å². The van der Waals surface area contributed by atoms with Crippen molar-refractivity contribution < 1.29 is 9.52 Å². The first-order valence-electron chi connectivity index (χ1n) is 6.83.